The number of aliphatic hydroxyl groups is 2. The Kier molecular flexibility index (Phi) is 23.5. The molecule has 0 aliphatic heterocycles. The molecule has 0 amide bonds. The highest BCUT2D eigenvalue weighted by Gasteiger charge is 2.17. The van der Waals surface area contributed by atoms with Crippen LogP contribution in [0, 0.1) is 0 Å². The lowest BCUT2D eigenvalue weighted by atomic mass is 10.1. The van der Waals surface area contributed by atoms with Gasteiger partial charge >= 0.3 is 0 Å². The first kappa shape index (κ1) is 65.3. The number of hydrogen-bond donors (Lipinski definition) is 2. The van der Waals surface area contributed by atoms with Crippen molar-refractivity contribution in [2.45, 2.75) is 51.4 Å². The molecule has 8 nitrogen and oxygen atoms in total. The van der Waals surface area contributed by atoms with Crippen LogP contribution in [-0.2, 0) is 0 Å². The first-order chi connectivity index (χ1) is 46.4. The van der Waals surface area contributed by atoms with Crippen molar-refractivity contribution >= 4 is 127 Å². The molecule has 94 heavy (non-hydrogen) atoms. The maximum atomic E-state index is 11.4. The van der Waals surface area contributed by atoms with Crippen molar-refractivity contribution < 1.29 is 10.2 Å². The van der Waals surface area contributed by atoms with Gasteiger partial charge in [-0.1, -0.05) is 179 Å². The van der Waals surface area contributed by atoms with E-state index in [9.17, 15) is 10.2 Å². The number of nitrogens with zero attached hydrogens (tertiary/aromatic N) is 6. The normalized spacial score (nSPS) is 12.0. The highest BCUT2D eigenvalue weighted by Crippen LogP contribution is 2.41. The molecular formula is C80H68N6O2S6. The van der Waals surface area contributed by atoms with E-state index in [1.807, 2.05) is 107 Å². The second-order valence-electron chi connectivity index (χ2n) is 21.7. The molecule has 0 aromatic heterocycles. The standard InChI is InChI=1S/C80H68N6O2S6/c87-71(57-83(63-19-7-1-8-20-63)81-55-61-31-35-69(36-32-61)85(65-23-11-3-12-24-65)66-25-13-4-14-26-66)59-89-73-39-43-75(44-40-73)91-77-47-51-79(52-48-77)93-94-80-53-49-78(50-54-80)92-76-45-41-74(42-46-76)90-60-72(88)58-84(64-21-9-2-10-22-64)82-56-62-33-37-70(38-34-62)86(67-27-15-5-16-28-67)68-29-17-6-18-30-68/h1-56,71-72,87-88H,57-60H2. The second kappa shape index (κ2) is 33.9. The third-order valence-corrected chi connectivity index (χ3v) is 21.6. The fourth-order valence-electron chi connectivity index (χ4n) is 10.1. The average molecular weight is 1340 g/mol. The lowest BCUT2D eigenvalue weighted by Crippen LogP contribution is -2.30. The molecule has 2 N–H and O–H groups in total. The summed E-state index contributed by atoms with van der Waals surface area (Å²) in [5.41, 5.74) is 10.2. The van der Waals surface area contributed by atoms with Gasteiger partial charge in [0.05, 0.1) is 49.1 Å². The van der Waals surface area contributed by atoms with Crippen molar-refractivity contribution in [1.29, 1.82) is 0 Å². The molecule has 0 heterocycles. The van der Waals surface area contributed by atoms with E-state index >= 15 is 0 Å². The Balaban J connectivity index is 0.567. The van der Waals surface area contributed by atoms with Crippen LogP contribution in [0.2, 0.25) is 0 Å². The Morgan fingerprint density at radius 2 is 0.500 bits per heavy atom. The maximum Gasteiger partial charge on any atom is 0.0830 e. The monoisotopic (exact) mass is 1340 g/mol. The first-order valence-corrected chi connectivity index (χ1v) is 36.6. The van der Waals surface area contributed by atoms with Gasteiger partial charge in [-0.05, 0) is 205 Å². The van der Waals surface area contributed by atoms with Gasteiger partial charge in [-0.2, -0.15) is 10.2 Å². The molecule has 12 rings (SSSR count). The Morgan fingerprint density at radius 3 is 0.777 bits per heavy atom. The zero-order valence-electron chi connectivity index (χ0n) is 51.3. The van der Waals surface area contributed by atoms with Crippen LogP contribution in [0.4, 0.5) is 45.5 Å². The van der Waals surface area contributed by atoms with E-state index in [1.165, 1.54) is 19.6 Å². The van der Waals surface area contributed by atoms with Crippen molar-refractivity contribution in [2.24, 2.45) is 10.2 Å². The van der Waals surface area contributed by atoms with Crippen molar-refractivity contribution in [3.05, 3.63) is 339 Å². The molecule has 12 aromatic rings. The molecular weight excluding hydrogens is 1270 g/mol. The summed E-state index contributed by atoms with van der Waals surface area (Å²) in [7, 11) is 3.51. The van der Waals surface area contributed by atoms with Crippen LogP contribution in [0.5, 0.6) is 0 Å². The minimum absolute atomic E-state index is 0.346. The number of para-hydroxylation sites is 6. The molecule has 0 saturated heterocycles. The summed E-state index contributed by atoms with van der Waals surface area (Å²) < 4.78 is 0. The Hall–Kier alpha value is -8.80. The quantitative estimate of drug-likeness (QED) is 0.0203. The summed E-state index contributed by atoms with van der Waals surface area (Å²) >= 11 is 6.77. The van der Waals surface area contributed by atoms with Crippen LogP contribution in [-0.4, -0.2) is 59.4 Å². The zero-order valence-corrected chi connectivity index (χ0v) is 56.2. The van der Waals surface area contributed by atoms with E-state index in [1.54, 1.807) is 68.6 Å². The van der Waals surface area contributed by atoms with Crippen LogP contribution in [0.15, 0.2) is 377 Å². The molecule has 0 bridgehead atoms. The van der Waals surface area contributed by atoms with Crippen LogP contribution in [0.25, 0.3) is 0 Å². The van der Waals surface area contributed by atoms with Crippen LogP contribution >= 0.6 is 68.6 Å². The number of rotatable bonds is 29. The Bertz CT molecular complexity index is 3910. The van der Waals surface area contributed by atoms with Crippen molar-refractivity contribution in [3.63, 3.8) is 0 Å². The lowest BCUT2D eigenvalue weighted by molar-refractivity contribution is 0.204. The fourth-order valence-corrected chi connectivity index (χ4v) is 15.3. The van der Waals surface area contributed by atoms with Gasteiger partial charge in [-0.15, -0.1) is 23.5 Å². The van der Waals surface area contributed by atoms with E-state index in [4.69, 9.17) is 10.2 Å². The third kappa shape index (κ3) is 19.0. The molecule has 0 saturated carbocycles. The average Bonchev–Trinajstić information content (AvgIpc) is 1.41. The lowest BCUT2D eigenvalue weighted by Gasteiger charge is -2.25. The second-order valence-corrected chi connectivity index (χ2v) is 28.5. The Morgan fingerprint density at radius 1 is 0.266 bits per heavy atom. The number of benzene rings is 12. The van der Waals surface area contributed by atoms with Crippen LogP contribution < -0.4 is 19.8 Å². The Labute approximate surface area is 576 Å². The molecule has 0 spiro atoms. The van der Waals surface area contributed by atoms with Gasteiger partial charge < -0.3 is 20.0 Å². The molecule has 0 aliphatic carbocycles. The minimum atomic E-state index is -0.624. The van der Waals surface area contributed by atoms with E-state index < -0.39 is 12.2 Å². The predicted octanol–water partition coefficient (Wildman–Crippen LogP) is 21.7. The van der Waals surface area contributed by atoms with Gasteiger partial charge in [0, 0.05) is 84.8 Å². The van der Waals surface area contributed by atoms with Gasteiger partial charge in [-0.3, -0.25) is 10.0 Å². The summed E-state index contributed by atoms with van der Waals surface area (Å²) in [5.74, 6) is 1.05. The third-order valence-electron chi connectivity index (χ3n) is 14.8. The molecule has 0 fully saturated rings. The number of hydrogen-bond acceptors (Lipinski definition) is 14. The highest BCUT2D eigenvalue weighted by atomic mass is 33.1. The molecule has 0 radical (unpaired) electrons. The molecule has 2 unspecified atom stereocenters. The largest absolute Gasteiger partial charge is 0.390 e. The predicted molar refractivity (Wildman–Crippen MR) is 404 cm³/mol. The summed E-state index contributed by atoms with van der Waals surface area (Å²) in [6.07, 6.45) is 2.47. The van der Waals surface area contributed by atoms with Crippen molar-refractivity contribution in [2.75, 3.05) is 44.4 Å². The molecule has 2 atom stereocenters. The SMILES string of the molecule is OC(CSc1ccc(Sc2ccc(SSc3ccc(Sc4ccc(SCC(O)CN(N=Cc5ccc(N(c6ccccc6)c6ccccc6)cc5)c5ccccc5)cc4)cc3)cc2)cc1)CN(N=Cc1ccc(N(c2ccccc2)c2ccccc2)cc1)c1ccccc1. The van der Waals surface area contributed by atoms with Crippen LogP contribution in [0.3, 0.4) is 0 Å². The fraction of sp³-hybridized carbons (Fsp3) is 0.0750. The van der Waals surface area contributed by atoms with Gasteiger partial charge in [0.1, 0.15) is 0 Å². The number of aliphatic hydroxyl groups excluding tert-OH is 2. The van der Waals surface area contributed by atoms with Crippen LogP contribution in [0.1, 0.15) is 11.1 Å². The van der Waals surface area contributed by atoms with E-state index in [2.05, 4.69) is 252 Å². The maximum absolute atomic E-state index is 11.4. The molecule has 0 aliphatic rings. The first-order valence-electron chi connectivity index (χ1n) is 30.8. The number of hydrazone groups is 2. The smallest absolute Gasteiger partial charge is 0.0830 e. The van der Waals surface area contributed by atoms with E-state index in [-0.39, 0.29) is 0 Å². The number of thioether (sulfide) groups is 2. The summed E-state index contributed by atoms with van der Waals surface area (Å²) in [5, 5.41) is 36.3. The van der Waals surface area contributed by atoms with Gasteiger partial charge in [0.2, 0.25) is 0 Å². The zero-order chi connectivity index (χ0) is 63.9. The van der Waals surface area contributed by atoms with Crippen molar-refractivity contribution in [3.8, 4) is 0 Å². The summed E-state index contributed by atoms with van der Waals surface area (Å²) in [6.45, 7) is 0.693. The highest BCUT2D eigenvalue weighted by molar-refractivity contribution is 8.76. The number of anilines is 8. The van der Waals surface area contributed by atoms with Crippen molar-refractivity contribution in [1.82, 2.24) is 0 Å². The van der Waals surface area contributed by atoms with Gasteiger partial charge in [-0.25, -0.2) is 0 Å². The van der Waals surface area contributed by atoms with E-state index in [0.29, 0.717) is 24.6 Å². The minimum Gasteiger partial charge on any atom is -0.390 e. The molecule has 14 heteroatoms. The topological polar surface area (TPSA) is 78.1 Å². The van der Waals surface area contributed by atoms with Gasteiger partial charge in [0.25, 0.3) is 0 Å². The summed E-state index contributed by atoms with van der Waals surface area (Å²) in [6, 6.07) is 113. The summed E-state index contributed by atoms with van der Waals surface area (Å²) in [4.78, 5) is 13.7. The molecule has 12 aromatic carbocycles. The molecule has 466 valence electrons. The van der Waals surface area contributed by atoms with E-state index in [0.717, 1.165) is 76.2 Å². The van der Waals surface area contributed by atoms with Gasteiger partial charge in [0.15, 0.2) is 0 Å².